The molecule has 0 saturated heterocycles. The third-order valence-electron chi connectivity index (χ3n) is 2.55. The van der Waals surface area contributed by atoms with Crippen molar-refractivity contribution in [3.63, 3.8) is 0 Å². The molecule has 0 heterocycles. The Kier molecular flexibility index (Phi) is 4.05. The van der Waals surface area contributed by atoms with E-state index in [0.29, 0.717) is 21.4 Å². The zero-order valence-corrected chi connectivity index (χ0v) is 12.7. The van der Waals surface area contributed by atoms with Gasteiger partial charge in [-0.2, -0.15) is 0 Å². The number of hydrogen-bond donors (Lipinski definition) is 2. The Balaban J connectivity index is 2.43. The van der Waals surface area contributed by atoms with Crippen LogP contribution in [0, 0.1) is 6.92 Å². The molecule has 94 valence electrons. The molecule has 18 heavy (non-hydrogen) atoms. The van der Waals surface area contributed by atoms with E-state index >= 15 is 0 Å². The fraction of sp³-hybridized carbons (Fsp3) is 0.0769. The third-order valence-corrected chi connectivity index (χ3v) is 3.93. The van der Waals surface area contributed by atoms with Crippen LogP contribution in [0.5, 0.6) is 0 Å². The maximum absolute atomic E-state index is 6.11. The average molecular weight is 346 g/mol. The maximum Gasteiger partial charge on any atom is 0.0807 e. The van der Waals surface area contributed by atoms with Crippen molar-refractivity contribution in [1.29, 1.82) is 0 Å². The van der Waals surface area contributed by atoms with Gasteiger partial charge in [-0.25, -0.2) is 0 Å². The van der Waals surface area contributed by atoms with Crippen LogP contribution < -0.4 is 11.1 Å². The van der Waals surface area contributed by atoms with E-state index in [1.165, 1.54) is 0 Å². The Labute approximate surface area is 124 Å². The van der Waals surface area contributed by atoms with Gasteiger partial charge in [-0.3, -0.25) is 0 Å². The van der Waals surface area contributed by atoms with Crippen LogP contribution in [0.15, 0.2) is 34.8 Å². The van der Waals surface area contributed by atoms with Crippen LogP contribution in [0.2, 0.25) is 10.0 Å². The predicted octanol–water partition coefficient (Wildman–Crippen LogP) is 5.39. The van der Waals surface area contributed by atoms with Crippen LogP contribution in [0.25, 0.3) is 0 Å². The summed E-state index contributed by atoms with van der Waals surface area (Å²) in [5, 5.41) is 4.44. The second kappa shape index (κ2) is 5.39. The molecule has 2 rings (SSSR count). The molecule has 3 N–H and O–H groups in total. The first-order chi connectivity index (χ1) is 8.49. The molecule has 5 heteroatoms. The van der Waals surface area contributed by atoms with Gasteiger partial charge in [-0.05, 0) is 52.7 Å². The SMILES string of the molecule is Cc1cc(Br)c(Nc2c(N)cccc2Cl)cc1Cl. The minimum absolute atomic E-state index is 0.568. The van der Waals surface area contributed by atoms with Crippen molar-refractivity contribution in [2.24, 2.45) is 0 Å². The Morgan fingerprint density at radius 1 is 1.17 bits per heavy atom. The summed E-state index contributed by atoms with van der Waals surface area (Å²) in [5.74, 6) is 0. The molecular weight excluding hydrogens is 335 g/mol. The van der Waals surface area contributed by atoms with E-state index in [-0.39, 0.29) is 0 Å². The number of nitrogens with two attached hydrogens (primary N) is 1. The lowest BCUT2D eigenvalue weighted by Gasteiger charge is -2.13. The molecule has 0 radical (unpaired) electrons. The lowest BCUT2D eigenvalue weighted by molar-refractivity contribution is 1.43. The van der Waals surface area contributed by atoms with Crippen LogP contribution in [-0.4, -0.2) is 0 Å². The van der Waals surface area contributed by atoms with Gasteiger partial charge in [-0.1, -0.05) is 29.3 Å². The van der Waals surface area contributed by atoms with Gasteiger partial charge in [0.2, 0.25) is 0 Å². The minimum Gasteiger partial charge on any atom is -0.397 e. The number of nitrogen functional groups attached to an aromatic ring is 1. The van der Waals surface area contributed by atoms with Crippen molar-refractivity contribution in [2.75, 3.05) is 11.1 Å². The highest BCUT2D eigenvalue weighted by Crippen LogP contribution is 2.36. The van der Waals surface area contributed by atoms with E-state index in [9.17, 15) is 0 Å². The van der Waals surface area contributed by atoms with Crippen molar-refractivity contribution in [3.8, 4) is 0 Å². The van der Waals surface area contributed by atoms with Gasteiger partial charge in [0.15, 0.2) is 0 Å². The molecule has 0 amide bonds. The summed E-state index contributed by atoms with van der Waals surface area (Å²) in [7, 11) is 0. The van der Waals surface area contributed by atoms with E-state index in [1.807, 2.05) is 19.1 Å². The fourth-order valence-electron chi connectivity index (χ4n) is 1.55. The molecule has 2 nitrogen and oxygen atoms in total. The zero-order chi connectivity index (χ0) is 13.3. The quantitative estimate of drug-likeness (QED) is 0.716. The van der Waals surface area contributed by atoms with Crippen molar-refractivity contribution >= 4 is 56.2 Å². The van der Waals surface area contributed by atoms with E-state index in [2.05, 4.69) is 21.2 Å². The number of nitrogens with one attached hydrogen (secondary N) is 1. The van der Waals surface area contributed by atoms with Gasteiger partial charge < -0.3 is 11.1 Å². The molecule has 0 aliphatic rings. The Morgan fingerprint density at radius 3 is 2.56 bits per heavy atom. The summed E-state index contributed by atoms with van der Waals surface area (Å²) in [6, 6.07) is 9.16. The van der Waals surface area contributed by atoms with Gasteiger partial charge in [0.05, 0.1) is 22.1 Å². The lowest BCUT2D eigenvalue weighted by Crippen LogP contribution is -1.98. The highest BCUT2D eigenvalue weighted by molar-refractivity contribution is 9.10. The van der Waals surface area contributed by atoms with Crippen LogP contribution in [0.4, 0.5) is 17.1 Å². The second-order valence-corrected chi connectivity index (χ2v) is 5.58. The largest absolute Gasteiger partial charge is 0.397 e. The first kappa shape index (κ1) is 13.5. The molecule has 0 bridgehead atoms. The maximum atomic E-state index is 6.11. The van der Waals surface area contributed by atoms with Gasteiger partial charge in [-0.15, -0.1) is 0 Å². The molecule has 0 aliphatic carbocycles. The molecular formula is C13H11BrCl2N2. The van der Waals surface area contributed by atoms with Crippen molar-refractivity contribution in [2.45, 2.75) is 6.92 Å². The Hall–Kier alpha value is -0.900. The summed E-state index contributed by atoms with van der Waals surface area (Å²) in [5.41, 5.74) is 8.99. The summed E-state index contributed by atoms with van der Waals surface area (Å²) in [4.78, 5) is 0. The average Bonchev–Trinajstić information content (AvgIpc) is 2.30. The zero-order valence-electron chi connectivity index (χ0n) is 9.60. The van der Waals surface area contributed by atoms with Gasteiger partial charge in [0.25, 0.3) is 0 Å². The van der Waals surface area contributed by atoms with E-state index in [1.54, 1.807) is 18.2 Å². The monoisotopic (exact) mass is 344 g/mol. The van der Waals surface area contributed by atoms with Gasteiger partial charge in [0, 0.05) is 9.50 Å². The number of halogens is 3. The fourth-order valence-corrected chi connectivity index (χ4v) is 2.50. The number of hydrogen-bond acceptors (Lipinski definition) is 2. The van der Waals surface area contributed by atoms with Crippen LogP contribution in [0.3, 0.4) is 0 Å². The molecule has 0 saturated carbocycles. The van der Waals surface area contributed by atoms with Crippen molar-refractivity contribution < 1.29 is 0 Å². The molecule has 0 fully saturated rings. The van der Waals surface area contributed by atoms with E-state index in [4.69, 9.17) is 28.9 Å². The Bertz CT molecular complexity index is 580. The molecule has 2 aromatic rings. The molecule has 0 aromatic heterocycles. The van der Waals surface area contributed by atoms with Crippen LogP contribution >= 0.6 is 39.1 Å². The topological polar surface area (TPSA) is 38.0 Å². The summed E-state index contributed by atoms with van der Waals surface area (Å²) in [6.45, 7) is 1.95. The third kappa shape index (κ3) is 2.74. The minimum atomic E-state index is 0.568. The van der Waals surface area contributed by atoms with Gasteiger partial charge in [0.1, 0.15) is 0 Å². The first-order valence-electron chi connectivity index (χ1n) is 5.25. The number of rotatable bonds is 2. The number of anilines is 3. The van der Waals surface area contributed by atoms with E-state index in [0.717, 1.165) is 15.7 Å². The van der Waals surface area contributed by atoms with Gasteiger partial charge >= 0.3 is 0 Å². The highest BCUT2D eigenvalue weighted by atomic mass is 79.9. The number of para-hydroxylation sites is 1. The number of aryl methyl sites for hydroxylation is 1. The molecule has 0 atom stereocenters. The van der Waals surface area contributed by atoms with Crippen molar-refractivity contribution in [1.82, 2.24) is 0 Å². The second-order valence-electron chi connectivity index (χ2n) is 3.91. The summed E-state index contributed by atoms with van der Waals surface area (Å²) < 4.78 is 0.906. The standard InChI is InChI=1S/C13H11BrCl2N2/c1-7-5-8(14)12(6-10(7)16)18-13-9(15)3-2-4-11(13)17/h2-6,18H,17H2,1H3. The molecule has 2 aromatic carbocycles. The predicted molar refractivity (Wildman–Crippen MR) is 83.0 cm³/mol. The van der Waals surface area contributed by atoms with Crippen LogP contribution in [-0.2, 0) is 0 Å². The van der Waals surface area contributed by atoms with Crippen molar-refractivity contribution in [3.05, 3.63) is 50.4 Å². The highest BCUT2D eigenvalue weighted by Gasteiger charge is 2.09. The Morgan fingerprint density at radius 2 is 1.89 bits per heavy atom. The summed E-state index contributed by atoms with van der Waals surface area (Å²) in [6.07, 6.45) is 0. The smallest absolute Gasteiger partial charge is 0.0807 e. The number of benzene rings is 2. The first-order valence-corrected chi connectivity index (χ1v) is 6.80. The van der Waals surface area contributed by atoms with E-state index < -0.39 is 0 Å². The van der Waals surface area contributed by atoms with Crippen LogP contribution in [0.1, 0.15) is 5.56 Å². The summed E-state index contributed by atoms with van der Waals surface area (Å²) >= 11 is 15.7. The lowest BCUT2D eigenvalue weighted by atomic mass is 10.2. The molecule has 0 aliphatic heterocycles. The normalized spacial score (nSPS) is 10.4. The molecule has 0 unspecified atom stereocenters. The molecule has 0 spiro atoms.